The molecule has 0 bridgehead atoms. The van der Waals surface area contributed by atoms with E-state index >= 15 is 0 Å². The Bertz CT molecular complexity index is 776. The molecule has 0 unspecified atom stereocenters. The van der Waals surface area contributed by atoms with Crippen LogP contribution in [0.5, 0.6) is 11.5 Å². The topological polar surface area (TPSA) is 89.9 Å². The van der Waals surface area contributed by atoms with Crippen molar-refractivity contribution in [1.29, 1.82) is 0 Å². The first kappa shape index (κ1) is 16.8. The van der Waals surface area contributed by atoms with Crippen molar-refractivity contribution >= 4 is 16.1 Å². The fraction of sp³-hybridized carbons (Fsp3) is 0.188. The molecule has 0 aliphatic carbocycles. The molecule has 0 saturated carbocycles. The third kappa shape index (κ3) is 4.46. The Morgan fingerprint density at radius 2 is 1.57 bits per heavy atom. The standard InChI is InChI=1S/C16H16O6S/c1-11(2)21-16(18)12-3-7-14(8-4-12)22-23(19,20)15-9-5-13(17)6-10-15/h3-11,17H,1-2H3. The van der Waals surface area contributed by atoms with Crippen LogP contribution in [0.25, 0.3) is 0 Å². The number of ether oxygens (including phenoxy) is 1. The van der Waals surface area contributed by atoms with Crippen molar-refractivity contribution in [3.63, 3.8) is 0 Å². The SMILES string of the molecule is CC(C)OC(=O)c1ccc(OS(=O)(=O)c2ccc(O)cc2)cc1. The summed E-state index contributed by atoms with van der Waals surface area (Å²) in [5.74, 6) is -0.468. The molecule has 1 N–H and O–H groups in total. The summed E-state index contributed by atoms with van der Waals surface area (Å²) in [5.41, 5.74) is 0.299. The van der Waals surface area contributed by atoms with Crippen LogP contribution in [-0.4, -0.2) is 25.6 Å². The number of phenolic OH excluding ortho intramolecular Hbond substituents is 1. The second kappa shape index (κ2) is 6.70. The maximum Gasteiger partial charge on any atom is 0.339 e. The van der Waals surface area contributed by atoms with Crippen LogP contribution in [0.15, 0.2) is 53.4 Å². The van der Waals surface area contributed by atoms with Crippen LogP contribution in [0.2, 0.25) is 0 Å². The molecule has 7 heteroatoms. The molecule has 0 heterocycles. The molecule has 0 saturated heterocycles. The summed E-state index contributed by atoms with van der Waals surface area (Å²) < 4.78 is 34.2. The zero-order valence-electron chi connectivity index (χ0n) is 12.6. The fourth-order valence-electron chi connectivity index (χ4n) is 1.72. The van der Waals surface area contributed by atoms with Gasteiger partial charge in [0, 0.05) is 0 Å². The molecule has 0 spiro atoms. The minimum absolute atomic E-state index is 0.0445. The second-order valence-electron chi connectivity index (χ2n) is 5.01. The highest BCUT2D eigenvalue weighted by molar-refractivity contribution is 7.87. The van der Waals surface area contributed by atoms with Crippen molar-refractivity contribution in [2.45, 2.75) is 24.8 Å². The lowest BCUT2D eigenvalue weighted by Gasteiger charge is -2.09. The molecule has 0 amide bonds. The van der Waals surface area contributed by atoms with Crippen molar-refractivity contribution in [2.75, 3.05) is 0 Å². The molecule has 23 heavy (non-hydrogen) atoms. The van der Waals surface area contributed by atoms with Crippen LogP contribution in [0.1, 0.15) is 24.2 Å². The van der Waals surface area contributed by atoms with Gasteiger partial charge in [-0.3, -0.25) is 0 Å². The van der Waals surface area contributed by atoms with Gasteiger partial charge in [-0.2, -0.15) is 8.42 Å². The fourth-order valence-corrected chi connectivity index (χ4v) is 2.65. The molecule has 2 aromatic rings. The van der Waals surface area contributed by atoms with E-state index < -0.39 is 16.1 Å². The summed E-state index contributed by atoms with van der Waals surface area (Å²) >= 11 is 0. The molecule has 122 valence electrons. The average molecular weight is 336 g/mol. The summed E-state index contributed by atoms with van der Waals surface area (Å²) in [4.78, 5) is 11.6. The lowest BCUT2D eigenvalue weighted by Crippen LogP contribution is -2.12. The molecule has 0 fully saturated rings. The number of rotatable bonds is 5. The first-order valence-corrected chi connectivity index (χ1v) is 8.23. The molecule has 0 atom stereocenters. The molecular weight excluding hydrogens is 320 g/mol. The van der Waals surface area contributed by atoms with Crippen molar-refractivity contribution < 1.29 is 27.2 Å². The monoisotopic (exact) mass is 336 g/mol. The van der Waals surface area contributed by atoms with E-state index in [1.54, 1.807) is 13.8 Å². The van der Waals surface area contributed by atoms with Gasteiger partial charge in [-0.25, -0.2) is 4.79 Å². The van der Waals surface area contributed by atoms with Gasteiger partial charge in [-0.15, -0.1) is 0 Å². The van der Waals surface area contributed by atoms with Gasteiger partial charge in [0.25, 0.3) is 0 Å². The van der Waals surface area contributed by atoms with Gasteiger partial charge in [0.05, 0.1) is 11.7 Å². The third-order valence-electron chi connectivity index (χ3n) is 2.76. The molecular formula is C16H16O6S. The Morgan fingerprint density at radius 1 is 1.00 bits per heavy atom. The maximum atomic E-state index is 12.1. The van der Waals surface area contributed by atoms with Gasteiger partial charge in [0.1, 0.15) is 16.4 Å². The van der Waals surface area contributed by atoms with Crippen molar-refractivity contribution in [2.24, 2.45) is 0 Å². The van der Waals surface area contributed by atoms with E-state index in [-0.39, 0.29) is 22.5 Å². The van der Waals surface area contributed by atoms with E-state index in [9.17, 15) is 18.3 Å². The molecule has 6 nitrogen and oxygen atoms in total. The Kier molecular flexibility index (Phi) is 4.90. The molecule has 0 aliphatic rings. The number of phenols is 1. The normalized spacial score (nSPS) is 11.3. The van der Waals surface area contributed by atoms with Gasteiger partial charge < -0.3 is 14.0 Å². The summed E-state index contributed by atoms with van der Waals surface area (Å²) in [5, 5.41) is 9.18. The molecule has 0 aliphatic heterocycles. The van der Waals surface area contributed by atoms with Gasteiger partial charge in [-0.1, -0.05) is 0 Å². The number of hydrogen-bond donors (Lipinski definition) is 1. The van der Waals surface area contributed by atoms with E-state index in [1.165, 1.54) is 48.5 Å². The van der Waals surface area contributed by atoms with E-state index in [2.05, 4.69) is 0 Å². The minimum Gasteiger partial charge on any atom is -0.508 e. The zero-order chi connectivity index (χ0) is 17.0. The third-order valence-corrected chi connectivity index (χ3v) is 4.03. The predicted octanol–water partition coefficient (Wildman–Crippen LogP) is 2.73. The number of benzene rings is 2. The number of aromatic hydroxyl groups is 1. The highest BCUT2D eigenvalue weighted by Crippen LogP contribution is 2.21. The Balaban J connectivity index is 2.14. The van der Waals surface area contributed by atoms with E-state index in [0.29, 0.717) is 5.56 Å². The minimum atomic E-state index is -4.01. The first-order valence-electron chi connectivity index (χ1n) is 6.82. The van der Waals surface area contributed by atoms with E-state index in [4.69, 9.17) is 8.92 Å². The van der Waals surface area contributed by atoms with Crippen LogP contribution >= 0.6 is 0 Å². The summed E-state index contributed by atoms with van der Waals surface area (Å²) in [6, 6.07) is 10.6. The van der Waals surface area contributed by atoms with E-state index in [0.717, 1.165) is 0 Å². The molecule has 0 aromatic heterocycles. The van der Waals surface area contributed by atoms with Gasteiger partial charge in [0.15, 0.2) is 0 Å². The van der Waals surface area contributed by atoms with Gasteiger partial charge in [-0.05, 0) is 62.4 Å². The number of carbonyl (C=O) groups excluding carboxylic acids is 1. The summed E-state index contributed by atoms with van der Waals surface area (Å²) in [7, 11) is -4.01. The average Bonchev–Trinajstić information content (AvgIpc) is 2.47. The molecule has 2 aromatic carbocycles. The number of carbonyl (C=O) groups is 1. The number of hydrogen-bond acceptors (Lipinski definition) is 6. The molecule has 2 rings (SSSR count). The van der Waals surface area contributed by atoms with E-state index in [1.807, 2.05) is 0 Å². The largest absolute Gasteiger partial charge is 0.508 e. The van der Waals surface area contributed by atoms with Crippen molar-refractivity contribution in [1.82, 2.24) is 0 Å². The quantitative estimate of drug-likeness (QED) is 0.667. The zero-order valence-corrected chi connectivity index (χ0v) is 13.4. The highest BCUT2D eigenvalue weighted by Gasteiger charge is 2.17. The Labute approximate surface area is 134 Å². The molecule has 0 radical (unpaired) electrons. The maximum absolute atomic E-state index is 12.1. The number of esters is 1. The van der Waals surface area contributed by atoms with Crippen molar-refractivity contribution in [3.05, 3.63) is 54.1 Å². The van der Waals surface area contributed by atoms with Gasteiger partial charge in [0.2, 0.25) is 0 Å². The van der Waals surface area contributed by atoms with Crippen LogP contribution < -0.4 is 4.18 Å². The summed E-state index contributed by atoms with van der Waals surface area (Å²) in [6.07, 6.45) is -0.242. The lowest BCUT2D eigenvalue weighted by atomic mass is 10.2. The van der Waals surface area contributed by atoms with Crippen molar-refractivity contribution in [3.8, 4) is 11.5 Å². The van der Waals surface area contributed by atoms with Crippen LogP contribution in [0, 0.1) is 0 Å². The Hall–Kier alpha value is -2.54. The van der Waals surface area contributed by atoms with Crippen LogP contribution in [0.4, 0.5) is 0 Å². The first-order chi connectivity index (χ1) is 10.8. The van der Waals surface area contributed by atoms with Gasteiger partial charge >= 0.3 is 16.1 Å². The van der Waals surface area contributed by atoms with Crippen LogP contribution in [0.3, 0.4) is 0 Å². The lowest BCUT2D eigenvalue weighted by molar-refractivity contribution is 0.0378. The second-order valence-corrected chi connectivity index (χ2v) is 6.56. The highest BCUT2D eigenvalue weighted by atomic mass is 32.2. The Morgan fingerprint density at radius 3 is 2.09 bits per heavy atom. The summed E-state index contributed by atoms with van der Waals surface area (Å²) in [6.45, 7) is 3.47. The smallest absolute Gasteiger partial charge is 0.339 e. The van der Waals surface area contributed by atoms with Crippen LogP contribution in [-0.2, 0) is 14.9 Å². The predicted molar refractivity (Wildman–Crippen MR) is 82.9 cm³/mol.